The van der Waals surface area contributed by atoms with Crippen LogP contribution in [0.3, 0.4) is 0 Å². The second-order valence-corrected chi connectivity index (χ2v) is 6.01. The van der Waals surface area contributed by atoms with Crippen molar-refractivity contribution in [1.82, 2.24) is 0 Å². The molecule has 0 N–H and O–H groups in total. The van der Waals surface area contributed by atoms with Crippen LogP contribution >= 0.6 is 0 Å². The van der Waals surface area contributed by atoms with Crippen LogP contribution in [0.1, 0.15) is 44.2 Å². The van der Waals surface area contributed by atoms with Crippen molar-refractivity contribution in [3.8, 4) is 0 Å². The average Bonchev–Trinajstić information content (AvgIpc) is 2.37. The van der Waals surface area contributed by atoms with Gasteiger partial charge in [-0.25, -0.2) is 0 Å². The van der Waals surface area contributed by atoms with Gasteiger partial charge in [0.1, 0.15) is 6.29 Å². The lowest BCUT2D eigenvalue weighted by Gasteiger charge is -2.32. The Labute approximate surface area is 116 Å². The average molecular weight is 282 g/mol. The van der Waals surface area contributed by atoms with Gasteiger partial charge in [-0.1, -0.05) is 32.0 Å². The zero-order valence-corrected chi connectivity index (χ0v) is 11.6. The van der Waals surface area contributed by atoms with E-state index in [1.165, 1.54) is 12.1 Å². The van der Waals surface area contributed by atoms with Gasteiger partial charge in [-0.2, -0.15) is 13.2 Å². The summed E-state index contributed by atoms with van der Waals surface area (Å²) in [6, 6.07) is 5.50. The van der Waals surface area contributed by atoms with Crippen LogP contribution in [0.25, 0.3) is 5.57 Å². The number of halogens is 3. The van der Waals surface area contributed by atoms with E-state index < -0.39 is 11.7 Å². The predicted octanol–water partition coefficient (Wildman–Crippen LogP) is 4.87. The maximum atomic E-state index is 13.1. The van der Waals surface area contributed by atoms with Gasteiger partial charge >= 0.3 is 6.18 Å². The molecule has 4 heteroatoms. The van der Waals surface area contributed by atoms with Crippen molar-refractivity contribution < 1.29 is 18.0 Å². The highest BCUT2D eigenvalue weighted by molar-refractivity contribution is 5.89. The van der Waals surface area contributed by atoms with E-state index in [0.29, 0.717) is 30.3 Å². The summed E-state index contributed by atoms with van der Waals surface area (Å²) in [7, 11) is 0. The molecule has 1 aromatic carbocycles. The number of carbonyl (C=O) groups is 1. The number of hydrogen-bond acceptors (Lipinski definition) is 1. The molecule has 0 atom stereocenters. The fourth-order valence-electron chi connectivity index (χ4n) is 2.70. The van der Waals surface area contributed by atoms with Crippen LogP contribution in [0, 0.1) is 5.41 Å². The Morgan fingerprint density at radius 3 is 2.45 bits per heavy atom. The van der Waals surface area contributed by atoms with Crippen LogP contribution in [0.5, 0.6) is 0 Å². The second-order valence-electron chi connectivity index (χ2n) is 6.01. The van der Waals surface area contributed by atoms with Crippen LogP contribution in [-0.2, 0) is 11.0 Å². The summed E-state index contributed by atoms with van der Waals surface area (Å²) in [5.74, 6) is 0. The molecule has 20 heavy (non-hydrogen) atoms. The first-order chi connectivity index (χ1) is 9.24. The maximum Gasteiger partial charge on any atom is 0.416 e. The fourth-order valence-corrected chi connectivity index (χ4v) is 2.70. The molecule has 0 spiro atoms. The highest BCUT2D eigenvalue weighted by atomic mass is 19.4. The molecule has 0 heterocycles. The molecule has 1 aromatic rings. The van der Waals surface area contributed by atoms with Gasteiger partial charge < -0.3 is 0 Å². The monoisotopic (exact) mass is 282 g/mol. The van der Waals surface area contributed by atoms with Gasteiger partial charge in [0.15, 0.2) is 0 Å². The first-order valence-electron chi connectivity index (χ1n) is 6.58. The van der Waals surface area contributed by atoms with Gasteiger partial charge in [-0.3, -0.25) is 4.79 Å². The largest absolute Gasteiger partial charge is 0.416 e. The van der Waals surface area contributed by atoms with E-state index in [1.54, 1.807) is 6.07 Å². The Morgan fingerprint density at radius 2 is 1.85 bits per heavy atom. The van der Waals surface area contributed by atoms with E-state index in [-0.39, 0.29) is 11.0 Å². The molecule has 0 saturated heterocycles. The number of hydrogen-bond donors (Lipinski definition) is 0. The van der Waals surface area contributed by atoms with E-state index in [4.69, 9.17) is 0 Å². The molecule has 2 rings (SSSR count). The number of allylic oxidation sites excluding steroid dienone is 2. The Balaban J connectivity index is 2.60. The summed E-state index contributed by atoms with van der Waals surface area (Å²) < 4.78 is 39.3. The van der Waals surface area contributed by atoms with Crippen LogP contribution < -0.4 is 0 Å². The quantitative estimate of drug-likeness (QED) is 0.707. The molecule has 0 amide bonds. The van der Waals surface area contributed by atoms with Gasteiger partial charge in [0, 0.05) is 0 Å². The third-order valence-electron chi connectivity index (χ3n) is 3.81. The van der Waals surface area contributed by atoms with Crippen LogP contribution in [0.4, 0.5) is 13.2 Å². The lowest BCUT2D eigenvalue weighted by molar-refractivity contribution is -0.137. The maximum absolute atomic E-state index is 13.1. The summed E-state index contributed by atoms with van der Waals surface area (Å²) in [6.45, 7) is 4.04. The molecule has 0 aliphatic heterocycles. The lowest BCUT2D eigenvalue weighted by Crippen LogP contribution is -2.20. The molecule has 0 bridgehead atoms. The van der Waals surface area contributed by atoms with Gasteiger partial charge in [0.2, 0.25) is 0 Å². The second kappa shape index (κ2) is 5.08. The summed E-state index contributed by atoms with van der Waals surface area (Å²) in [5, 5.41) is 0. The SMILES string of the molecule is CC1(C)CCC(C=O)=C(c2ccccc2C(F)(F)F)C1. The Morgan fingerprint density at radius 1 is 1.20 bits per heavy atom. The molecular weight excluding hydrogens is 265 g/mol. The van der Waals surface area contributed by atoms with Crippen molar-refractivity contribution in [1.29, 1.82) is 0 Å². The minimum Gasteiger partial charge on any atom is -0.298 e. The van der Waals surface area contributed by atoms with Crippen molar-refractivity contribution >= 4 is 11.9 Å². The normalized spacial score (nSPS) is 19.1. The van der Waals surface area contributed by atoms with Crippen molar-refractivity contribution in [2.24, 2.45) is 5.41 Å². The highest BCUT2D eigenvalue weighted by Gasteiger charge is 2.36. The third-order valence-corrected chi connectivity index (χ3v) is 3.81. The Kier molecular flexibility index (Phi) is 3.76. The lowest BCUT2D eigenvalue weighted by atomic mass is 9.72. The van der Waals surface area contributed by atoms with E-state index in [2.05, 4.69) is 0 Å². The molecule has 0 radical (unpaired) electrons. The highest BCUT2D eigenvalue weighted by Crippen LogP contribution is 2.45. The van der Waals surface area contributed by atoms with Crippen molar-refractivity contribution in [3.63, 3.8) is 0 Å². The number of carbonyl (C=O) groups excluding carboxylic acids is 1. The molecule has 0 saturated carbocycles. The molecule has 0 fully saturated rings. The van der Waals surface area contributed by atoms with Crippen LogP contribution in [0.2, 0.25) is 0 Å². The number of benzene rings is 1. The molecule has 1 aliphatic rings. The molecule has 1 nitrogen and oxygen atoms in total. The van der Waals surface area contributed by atoms with Crippen molar-refractivity contribution in [2.45, 2.75) is 39.3 Å². The summed E-state index contributed by atoms with van der Waals surface area (Å²) >= 11 is 0. The minimum atomic E-state index is -4.40. The summed E-state index contributed by atoms with van der Waals surface area (Å²) in [4.78, 5) is 11.2. The number of aldehydes is 1. The van der Waals surface area contributed by atoms with Gasteiger partial charge in [0.05, 0.1) is 5.56 Å². The van der Waals surface area contributed by atoms with Crippen LogP contribution in [-0.4, -0.2) is 6.29 Å². The Bertz CT molecular complexity index is 553. The summed E-state index contributed by atoms with van der Waals surface area (Å²) in [5.41, 5.74) is 0.452. The van der Waals surface area contributed by atoms with Gasteiger partial charge in [-0.15, -0.1) is 0 Å². The standard InChI is InChI=1S/C16H17F3O/c1-15(2)8-7-11(10-20)13(9-15)12-5-3-4-6-14(12)16(17,18)19/h3-6,10H,7-9H2,1-2H3. The molecular formula is C16H17F3O. The number of alkyl halides is 3. The van der Waals surface area contributed by atoms with Crippen molar-refractivity contribution in [3.05, 3.63) is 41.0 Å². The fraction of sp³-hybridized carbons (Fsp3) is 0.438. The Hall–Kier alpha value is -1.58. The molecule has 108 valence electrons. The third kappa shape index (κ3) is 2.94. The van der Waals surface area contributed by atoms with Crippen molar-refractivity contribution in [2.75, 3.05) is 0 Å². The molecule has 0 aromatic heterocycles. The molecule has 1 aliphatic carbocycles. The first-order valence-corrected chi connectivity index (χ1v) is 6.58. The first kappa shape index (κ1) is 14.8. The zero-order valence-electron chi connectivity index (χ0n) is 11.6. The topological polar surface area (TPSA) is 17.1 Å². The van der Waals surface area contributed by atoms with E-state index in [9.17, 15) is 18.0 Å². The number of rotatable bonds is 2. The van der Waals surface area contributed by atoms with Gasteiger partial charge in [-0.05, 0) is 47.5 Å². The molecule has 0 unspecified atom stereocenters. The smallest absolute Gasteiger partial charge is 0.298 e. The zero-order chi connectivity index (χ0) is 15.0. The summed E-state index contributed by atoms with van der Waals surface area (Å²) in [6.07, 6.45) is -1.85. The van der Waals surface area contributed by atoms with Gasteiger partial charge in [0.25, 0.3) is 0 Å². The van der Waals surface area contributed by atoms with E-state index >= 15 is 0 Å². The minimum absolute atomic E-state index is 0.0828. The van der Waals surface area contributed by atoms with Crippen LogP contribution in [0.15, 0.2) is 29.8 Å². The predicted molar refractivity (Wildman–Crippen MR) is 72.1 cm³/mol. The van der Waals surface area contributed by atoms with E-state index in [0.717, 1.165) is 12.5 Å². The van der Waals surface area contributed by atoms with E-state index in [1.807, 2.05) is 13.8 Å².